The number of carbonyl (C=O) groups is 2. The van der Waals surface area contributed by atoms with Crippen molar-refractivity contribution in [2.75, 3.05) is 4.90 Å². The van der Waals surface area contributed by atoms with E-state index in [1.54, 1.807) is 35.8 Å². The summed E-state index contributed by atoms with van der Waals surface area (Å²) in [5.74, 6) is -1.58. The molecule has 1 aromatic heterocycles. The lowest BCUT2D eigenvalue weighted by Crippen LogP contribution is -2.29. The second kappa shape index (κ2) is 6.81. The largest absolute Gasteiger partial charge is 0.507 e. The first-order valence-corrected chi connectivity index (χ1v) is 9.28. The number of anilines is 1. The number of Topliss-reactive ketones (excluding diaryl/α,β-unsaturated/α-hetero) is 1. The molecule has 134 valence electrons. The molecule has 3 aromatic rings. The maximum absolute atomic E-state index is 12.8. The monoisotopic (exact) mass is 376 g/mol. The van der Waals surface area contributed by atoms with Crippen LogP contribution in [-0.4, -0.2) is 21.8 Å². The molecule has 1 aliphatic heterocycles. The number of benzene rings is 2. The minimum absolute atomic E-state index is 0.0743. The summed E-state index contributed by atoms with van der Waals surface area (Å²) in [4.78, 5) is 31.2. The number of aliphatic hydroxyl groups excluding tert-OH is 1. The van der Waals surface area contributed by atoms with Gasteiger partial charge in [0.1, 0.15) is 5.76 Å². The molecule has 1 aliphatic rings. The molecule has 4 rings (SSSR count). The topological polar surface area (TPSA) is 70.5 Å². The van der Waals surface area contributed by atoms with Gasteiger partial charge in [0.2, 0.25) is 0 Å². The molecule has 6 heteroatoms. The van der Waals surface area contributed by atoms with Gasteiger partial charge in [-0.2, -0.15) is 0 Å². The van der Waals surface area contributed by atoms with Gasteiger partial charge in [0, 0.05) is 17.1 Å². The van der Waals surface area contributed by atoms with Crippen molar-refractivity contribution >= 4 is 33.9 Å². The number of hydrogen-bond donors (Lipinski definition) is 1. The van der Waals surface area contributed by atoms with Crippen molar-refractivity contribution in [1.29, 1.82) is 0 Å². The Balaban J connectivity index is 1.94. The summed E-state index contributed by atoms with van der Waals surface area (Å²) in [5.41, 5.74) is 2.37. The number of aryl methyl sites for hydroxylation is 1. The first-order valence-electron chi connectivity index (χ1n) is 8.40. The Hall–Kier alpha value is -3.25. The number of ketones is 1. The number of aliphatic hydroxyl groups is 1. The molecule has 0 spiro atoms. The zero-order valence-corrected chi connectivity index (χ0v) is 15.3. The zero-order valence-electron chi connectivity index (χ0n) is 14.5. The van der Waals surface area contributed by atoms with Crippen molar-refractivity contribution in [3.63, 3.8) is 0 Å². The predicted molar refractivity (Wildman–Crippen MR) is 105 cm³/mol. The van der Waals surface area contributed by atoms with Gasteiger partial charge in [-0.05, 0) is 12.5 Å². The highest BCUT2D eigenvalue weighted by Gasteiger charge is 2.47. The number of hydrogen-bond acceptors (Lipinski definition) is 5. The summed E-state index contributed by atoms with van der Waals surface area (Å²) < 4.78 is 0. The van der Waals surface area contributed by atoms with Crippen LogP contribution in [0.15, 0.2) is 71.7 Å². The highest BCUT2D eigenvalue weighted by atomic mass is 32.1. The predicted octanol–water partition coefficient (Wildman–Crippen LogP) is 4.08. The summed E-state index contributed by atoms with van der Waals surface area (Å²) in [6, 6.07) is 15.6. The van der Waals surface area contributed by atoms with Crippen LogP contribution in [0.4, 0.5) is 5.13 Å². The van der Waals surface area contributed by atoms with Gasteiger partial charge in [-0.1, -0.05) is 60.2 Å². The molecule has 5 nitrogen and oxygen atoms in total. The first-order chi connectivity index (χ1) is 13.1. The van der Waals surface area contributed by atoms with Gasteiger partial charge in [-0.15, -0.1) is 11.3 Å². The lowest BCUT2D eigenvalue weighted by molar-refractivity contribution is -0.132. The number of aromatic nitrogens is 1. The fraction of sp³-hybridized carbons (Fsp3) is 0.0952. The summed E-state index contributed by atoms with van der Waals surface area (Å²) in [6.07, 6.45) is 1.59. The van der Waals surface area contributed by atoms with E-state index >= 15 is 0 Å². The molecule has 1 saturated heterocycles. The Morgan fingerprint density at radius 1 is 1.07 bits per heavy atom. The molecule has 2 aromatic carbocycles. The highest BCUT2D eigenvalue weighted by Crippen LogP contribution is 2.42. The van der Waals surface area contributed by atoms with Crippen LogP contribution in [0.25, 0.3) is 5.76 Å². The number of thiazole rings is 1. The minimum Gasteiger partial charge on any atom is -0.507 e. The fourth-order valence-corrected chi connectivity index (χ4v) is 3.85. The Bertz CT molecular complexity index is 1030. The molecule has 0 bridgehead atoms. The summed E-state index contributed by atoms with van der Waals surface area (Å²) in [6.45, 7) is 1.96. The van der Waals surface area contributed by atoms with E-state index < -0.39 is 17.7 Å². The third-order valence-corrected chi connectivity index (χ3v) is 5.28. The van der Waals surface area contributed by atoms with Crippen LogP contribution in [0.2, 0.25) is 0 Å². The van der Waals surface area contributed by atoms with Crippen molar-refractivity contribution < 1.29 is 14.7 Å². The molecule has 1 atom stereocenters. The molecule has 0 unspecified atom stereocenters. The van der Waals surface area contributed by atoms with E-state index in [1.165, 1.54) is 16.2 Å². The molecular weight excluding hydrogens is 360 g/mol. The highest BCUT2D eigenvalue weighted by molar-refractivity contribution is 7.14. The Kier molecular flexibility index (Phi) is 4.33. The second-order valence-electron chi connectivity index (χ2n) is 6.26. The van der Waals surface area contributed by atoms with Crippen LogP contribution < -0.4 is 4.90 Å². The second-order valence-corrected chi connectivity index (χ2v) is 7.13. The number of amides is 1. The standard InChI is InChI=1S/C21H16N2O3S/c1-13-7-9-14(10-8-13)17-16(18(24)15-5-3-2-4-6-15)19(25)20(26)23(17)21-22-11-12-27-21/h2-12,17,24H,1H3/b18-16+/t17-/m1/s1. The summed E-state index contributed by atoms with van der Waals surface area (Å²) in [5, 5.41) is 13.0. The molecule has 0 saturated carbocycles. The first kappa shape index (κ1) is 17.2. The average Bonchev–Trinajstić information content (AvgIpc) is 3.30. The van der Waals surface area contributed by atoms with Crippen molar-refractivity contribution in [2.24, 2.45) is 0 Å². The van der Waals surface area contributed by atoms with E-state index in [0.717, 1.165) is 11.1 Å². The van der Waals surface area contributed by atoms with Crippen molar-refractivity contribution in [3.05, 3.63) is 88.4 Å². The van der Waals surface area contributed by atoms with Crippen LogP contribution in [0.5, 0.6) is 0 Å². The van der Waals surface area contributed by atoms with Gasteiger partial charge in [0.25, 0.3) is 5.78 Å². The van der Waals surface area contributed by atoms with Gasteiger partial charge in [-0.3, -0.25) is 14.5 Å². The lowest BCUT2D eigenvalue weighted by Gasteiger charge is -2.23. The zero-order chi connectivity index (χ0) is 19.0. The van der Waals surface area contributed by atoms with E-state index in [9.17, 15) is 14.7 Å². The normalized spacial score (nSPS) is 18.9. The third-order valence-electron chi connectivity index (χ3n) is 4.51. The molecule has 1 N–H and O–H groups in total. The SMILES string of the molecule is Cc1ccc([C@@H]2/C(=C(\O)c3ccccc3)C(=O)C(=O)N2c2nccs2)cc1. The van der Waals surface area contributed by atoms with Gasteiger partial charge in [-0.25, -0.2) is 4.98 Å². The Labute approximate surface area is 160 Å². The molecule has 0 aliphatic carbocycles. The smallest absolute Gasteiger partial charge is 0.301 e. The van der Waals surface area contributed by atoms with E-state index in [4.69, 9.17) is 0 Å². The molecular formula is C21H16N2O3S. The van der Waals surface area contributed by atoms with Crippen LogP contribution >= 0.6 is 11.3 Å². The van der Waals surface area contributed by atoms with E-state index in [-0.39, 0.29) is 11.3 Å². The number of nitrogens with zero attached hydrogens (tertiary/aromatic N) is 2. The van der Waals surface area contributed by atoms with Crippen LogP contribution in [-0.2, 0) is 9.59 Å². The quantitative estimate of drug-likeness (QED) is 0.425. The van der Waals surface area contributed by atoms with Crippen LogP contribution in [0, 0.1) is 6.92 Å². The van der Waals surface area contributed by atoms with E-state index in [1.807, 2.05) is 37.3 Å². The molecule has 1 amide bonds. The Morgan fingerprint density at radius 3 is 2.41 bits per heavy atom. The van der Waals surface area contributed by atoms with Crippen LogP contribution in [0.3, 0.4) is 0 Å². The van der Waals surface area contributed by atoms with E-state index in [2.05, 4.69) is 4.98 Å². The maximum atomic E-state index is 12.8. The lowest BCUT2D eigenvalue weighted by atomic mass is 9.95. The molecule has 2 heterocycles. The summed E-state index contributed by atoms with van der Waals surface area (Å²) in [7, 11) is 0. The van der Waals surface area contributed by atoms with Crippen molar-refractivity contribution in [2.45, 2.75) is 13.0 Å². The number of carbonyl (C=O) groups excluding carboxylic acids is 2. The van der Waals surface area contributed by atoms with Gasteiger partial charge >= 0.3 is 5.91 Å². The van der Waals surface area contributed by atoms with Crippen LogP contribution in [0.1, 0.15) is 22.7 Å². The van der Waals surface area contributed by atoms with Gasteiger partial charge in [0.05, 0.1) is 11.6 Å². The van der Waals surface area contributed by atoms with Gasteiger partial charge in [0.15, 0.2) is 5.13 Å². The average molecular weight is 376 g/mol. The van der Waals surface area contributed by atoms with Crippen molar-refractivity contribution in [3.8, 4) is 0 Å². The fourth-order valence-electron chi connectivity index (χ4n) is 3.18. The van der Waals surface area contributed by atoms with Gasteiger partial charge < -0.3 is 5.11 Å². The Morgan fingerprint density at radius 2 is 1.78 bits per heavy atom. The molecule has 1 fully saturated rings. The third kappa shape index (κ3) is 2.94. The summed E-state index contributed by atoms with van der Waals surface area (Å²) >= 11 is 1.27. The molecule has 0 radical (unpaired) electrons. The maximum Gasteiger partial charge on any atom is 0.301 e. The van der Waals surface area contributed by atoms with E-state index in [0.29, 0.717) is 10.7 Å². The molecule has 27 heavy (non-hydrogen) atoms. The van der Waals surface area contributed by atoms with Crippen molar-refractivity contribution in [1.82, 2.24) is 4.98 Å². The number of rotatable bonds is 3. The minimum atomic E-state index is -0.725.